The van der Waals surface area contributed by atoms with Gasteiger partial charge >= 0.3 is 5.69 Å². The number of ether oxygens (including phenoxy) is 1. The van der Waals surface area contributed by atoms with Crippen LogP contribution >= 0.6 is 0 Å². The number of anilines is 2. The van der Waals surface area contributed by atoms with Gasteiger partial charge in [-0.25, -0.2) is 4.79 Å². The van der Waals surface area contributed by atoms with Crippen molar-refractivity contribution in [3.8, 4) is 0 Å². The van der Waals surface area contributed by atoms with E-state index in [0.29, 0.717) is 6.54 Å². The first kappa shape index (κ1) is 18.9. The largest absolute Gasteiger partial charge is 0.383 e. The quantitative estimate of drug-likeness (QED) is 0.652. The van der Waals surface area contributed by atoms with Gasteiger partial charge < -0.3 is 15.4 Å². The molecule has 1 aromatic carbocycles. The molecular weight excluding hydrogens is 348 g/mol. The van der Waals surface area contributed by atoms with E-state index in [9.17, 15) is 14.4 Å². The van der Waals surface area contributed by atoms with Crippen LogP contribution in [-0.4, -0.2) is 29.2 Å². The number of amides is 1. The number of nitrogens with one attached hydrogen (secondary N) is 3. The normalized spacial score (nSPS) is 13.8. The van der Waals surface area contributed by atoms with Gasteiger partial charge in [-0.2, -0.15) is 0 Å². The molecule has 3 rings (SSSR count). The van der Waals surface area contributed by atoms with Gasteiger partial charge in [0.15, 0.2) is 0 Å². The van der Waals surface area contributed by atoms with Gasteiger partial charge in [-0.15, -0.1) is 0 Å². The molecule has 0 bridgehead atoms. The topological polar surface area (TPSA) is 105 Å². The van der Waals surface area contributed by atoms with Crippen LogP contribution in [0.2, 0.25) is 0 Å². The van der Waals surface area contributed by atoms with Crippen LogP contribution in [0.15, 0.2) is 39.9 Å². The summed E-state index contributed by atoms with van der Waals surface area (Å²) in [5.41, 5.74) is 0.00442. The number of nitrogens with zero attached hydrogens (tertiary/aromatic N) is 1. The van der Waals surface area contributed by atoms with Crippen molar-refractivity contribution in [2.24, 2.45) is 5.92 Å². The van der Waals surface area contributed by atoms with Gasteiger partial charge in [0.05, 0.1) is 13.2 Å². The standard InChI is InChI=1S/C19H24N4O4/c1-27-11-10-23-16(21-17(24)14-8-5-9-14)15(18(25)22-19(23)26)20-12-13-6-3-2-4-7-13/h2-4,6-7,14,20H,5,8-12H2,1H3,(H,21,24)(H,22,25,26). The molecule has 1 aliphatic carbocycles. The maximum Gasteiger partial charge on any atom is 0.330 e. The lowest BCUT2D eigenvalue weighted by Crippen LogP contribution is -2.38. The molecule has 0 spiro atoms. The van der Waals surface area contributed by atoms with Crippen molar-refractivity contribution in [1.29, 1.82) is 0 Å². The van der Waals surface area contributed by atoms with Gasteiger partial charge in [0.2, 0.25) is 5.91 Å². The zero-order valence-electron chi connectivity index (χ0n) is 15.3. The highest BCUT2D eigenvalue weighted by molar-refractivity contribution is 5.94. The number of benzene rings is 1. The summed E-state index contributed by atoms with van der Waals surface area (Å²) in [6.07, 6.45) is 2.66. The van der Waals surface area contributed by atoms with Crippen LogP contribution in [0.3, 0.4) is 0 Å². The van der Waals surface area contributed by atoms with E-state index in [2.05, 4.69) is 15.6 Å². The molecule has 1 heterocycles. The summed E-state index contributed by atoms with van der Waals surface area (Å²) in [6, 6.07) is 9.56. The average Bonchev–Trinajstić information content (AvgIpc) is 2.60. The van der Waals surface area contributed by atoms with Crippen LogP contribution < -0.4 is 21.9 Å². The Balaban J connectivity index is 1.94. The second-order valence-corrected chi connectivity index (χ2v) is 6.58. The van der Waals surface area contributed by atoms with Crippen LogP contribution in [0.5, 0.6) is 0 Å². The van der Waals surface area contributed by atoms with Crippen molar-refractivity contribution in [3.63, 3.8) is 0 Å². The molecule has 1 saturated carbocycles. The van der Waals surface area contributed by atoms with E-state index in [1.807, 2.05) is 30.3 Å². The molecule has 1 aliphatic rings. The van der Waals surface area contributed by atoms with E-state index in [1.54, 1.807) is 0 Å². The zero-order chi connectivity index (χ0) is 19.2. The number of aromatic nitrogens is 2. The SMILES string of the molecule is COCCn1c(NC(=O)C2CCC2)c(NCc2ccccc2)c(=O)[nH]c1=O. The molecule has 8 nitrogen and oxygen atoms in total. The van der Waals surface area contributed by atoms with E-state index in [1.165, 1.54) is 11.7 Å². The lowest BCUT2D eigenvalue weighted by Gasteiger charge is -2.25. The molecule has 0 unspecified atom stereocenters. The Labute approximate surface area is 156 Å². The van der Waals surface area contributed by atoms with Crippen molar-refractivity contribution in [1.82, 2.24) is 9.55 Å². The van der Waals surface area contributed by atoms with E-state index >= 15 is 0 Å². The Kier molecular flexibility index (Phi) is 6.08. The molecule has 0 radical (unpaired) electrons. The molecule has 1 amide bonds. The molecule has 27 heavy (non-hydrogen) atoms. The number of rotatable bonds is 8. The number of carbonyl (C=O) groups excluding carboxylic acids is 1. The molecule has 0 saturated heterocycles. The first-order valence-electron chi connectivity index (χ1n) is 9.05. The van der Waals surface area contributed by atoms with E-state index < -0.39 is 11.2 Å². The summed E-state index contributed by atoms with van der Waals surface area (Å²) in [4.78, 5) is 39.5. The molecule has 2 aromatic rings. The molecule has 8 heteroatoms. The van der Waals surface area contributed by atoms with Crippen molar-refractivity contribution in [3.05, 3.63) is 56.7 Å². The fourth-order valence-electron chi connectivity index (χ4n) is 2.94. The molecule has 1 fully saturated rings. The highest BCUT2D eigenvalue weighted by Crippen LogP contribution is 2.28. The second-order valence-electron chi connectivity index (χ2n) is 6.58. The molecule has 0 atom stereocenters. The highest BCUT2D eigenvalue weighted by atomic mass is 16.5. The molecule has 0 aliphatic heterocycles. The molecule has 144 valence electrons. The van der Waals surface area contributed by atoms with Gasteiger partial charge in [-0.05, 0) is 18.4 Å². The molecular formula is C19H24N4O4. The minimum absolute atomic E-state index is 0.0720. The lowest BCUT2D eigenvalue weighted by atomic mass is 9.85. The summed E-state index contributed by atoms with van der Waals surface area (Å²) in [7, 11) is 1.53. The van der Waals surface area contributed by atoms with Gasteiger partial charge in [0, 0.05) is 19.6 Å². The Morgan fingerprint density at radius 3 is 2.63 bits per heavy atom. The molecule has 3 N–H and O–H groups in total. The Hall–Kier alpha value is -2.87. The fraction of sp³-hybridized carbons (Fsp3) is 0.421. The van der Waals surface area contributed by atoms with Crippen molar-refractivity contribution in [2.45, 2.75) is 32.4 Å². The smallest absolute Gasteiger partial charge is 0.330 e. The van der Waals surface area contributed by atoms with E-state index in [-0.39, 0.29) is 36.5 Å². The number of methoxy groups -OCH3 is 1. The van der Waals surface area contributed by atoms with E-state index in [0.717, 1.165) is 24.8 Å². The third-order valence-corrected chi connectivity index (χ3v) is 4.75. The van der Waals surface area contributed by atoms with Gasteiger partial charge in [-0.1, -0.05) is 36.8 Å². The summed E-state index contributed by atoms with van der Waals surface area (Å²) in [6.45, 7) is 0.876. The minimum atomic E-state index is -0.578. The zero-order valence-corrected chi connectivity index (χ0v) is 15.3. The van der Waals surface area contributed by atoms with Crippen LogP contribution in [-0.2, 0) is 22.6 Å². The van der Waals surface area contributed by atoms with Crippen molar-refractivity contribution in [2.75, 3.05) is 24.4 Å². The minimum Gasteiger partial charge on any atom is -0.383 e. The van der Waals surface area contributed by atoms with Crippen molar-refractivity contribution < 1.29 is 9.53 Å². The number of carbonyl (C=O) groups is 1. The number of hydrogen-bond donors (Lipinski definition) is 3. The summed E-state index contributed by atoms with van der Waals surface area (Å²) in [5, 5.41) is 5.86. The number of H-pyrrole nitrogens is 1. The Morgan fingerprint density at radius 1 is 1.26 bits per heavy atom. The number of aromatic amines is 1. The summed E-state index contributed by atoms with van der Waals surface area (Å²) in [5.74, 6) is -0.0500. The van der Waals surface area contributed by atoms with Crippen LogP contribution in [0.25, 0.3) is 0 Å². The van der Waals surface area contributed by atoms with Crippen LogP contribution in [0, 0.1) is 5.92 Å². The first-order valence-corrected chi connectivity index (χ1v) is 9.05. The summed E-state index contributed by atoms with van der Waals surface area (Å²) < 4.78 is 6.38. The molecule has 1 aromatic heterocycles. The van der Waals surface area contributed by atoms with Gasteiger partial charge in [-0.3, -0.25) is 19.1 Å². The first-order chi connectivity index (χ1) is 13.1. The van der Waals surface area contributed by atoms with Gasteiger partial charge in [0.1, 0.15) is 11.5 Å². The van der Waals surface area contributed by atoms with Gasteiger partial charge in [0.25, 0.3) is 5.56 Å². The Morgan fingerprint density at radius 2 is 2.00 bits per heavy atom. The third-order valence-electron chi connectivity index (χ3n) is 4.75. The lowest BCUT2D eigenvalue weighted by molar-refractivity contribution is -0.122. The second kappa shape index (κ2) is 8.68. The average molecular weight is 372 g/mol. The number of hydrogen-bond acceptors (Lipinski definition) is 5. The fourth-order valence-corrected chi connectivity index (χ4v) is 2.94. The Bertz CT molecular complexity index is 900. The van der Waals surface area contributed by atoms with Crippen molar-refractivity contribution >= 4 is 17.4 Å². The predicted molar refractivity (Wildman–Crippen MR) is 103 cm³/mol. The monoisotopic (exact) mass is 372 g/mol. The van der Waals surface area contributed by atoms with Crippen LogP contribution in [0.1, 0.15) is 24.8 Å². The maximum atomic E-state index is 12.5. The van der Waals surface area contributed by atoms with E-state index in [4.69, 9.17) is 4.74 Å². The van der Waals surface area contributed by atoms with Crippen LogP contribution in [0.4, 0.5) is 11.5 Å². The summed E-state index contributed by atoms with van der Waals surface area (Å²) >= 11 is 0. The maximum absolute atomic E-state index is 12.5. The highest BCUT2D eigenvalue weighted by Gasteiger charge is 2.27. The predicted octanol–water partition coefficient (Wildman–Crippen LogP) is 1.53. The third kappa shape index (κ3) is 4.46.